The zero-order chi connectivity index (χ0) is 22.8. The number of aliphatic hydroxyl groups is 1. The summed E-state index contributed by atoms with van der Waals surface area (Å²) in [5, 5.41) is 15.5. The number of para-hydroxylation sites is 1. The lowest BCUT2D eigenvalue weighted by Gasteiger charge is -2.19. The number of ether oxygens (including phenoxy) is 1. The SMILES string of the molecule is OC(c1ccc2c(c1)CN(Cc1cnn(-c3ccccc3)c1)CCO2)c1c(F)cccc1Cl. The number of rotatable bonds is 5. The van der Waals surface area contributed by atoms with Gasteiger partial charge in [0.25, 0.3) is 0 Å². The van der Waals surface area contributed by atoms with Crippen LogP contribution in [0.25, 0.3) is 5.69 Å². The first kappa shape index (κ1) is 21.6. The van der Waals surface area contributed by atoms with Crippen LogP contribution >= 0.6 is 11.6 Å². The van der Waals surface area contributed by atoms with Crippen LogP contribution in [0.5, 0.6) is 5.75 Å². The quantitative estimate of drug-likeness (QED) is 0.445. The summed E-state index contributed by atoms with van der Waals surface area (Å²) < 4.78 is 22.1. The summed E-state index contributed by atoms with van der Waals surface area (Å²) in [5.41, 5.74) is 3.70. The maximum absolute atomic E-state index is 14.3. The second kappa shape index (κ2) is 9.35. The van der Waals surface area contributed by atoms with Gasteiger partial charge in [0, 0.05) is 47.5 Å². The Hall–Kier alpha value is -3.19. The van der Waals surface area contributed by atoms with Crippen LogP contribution in [0.3, 0.4) is 0 Å². The average molecular weight is 464 g/mol. The van der Waals surface area contributed by atoms with E-state index in [1.54, 1.807) is 12.1 Å². The number of nitrogens with zero attached hydrogens (tertiary/aromatic N) is 3. The van der Waals surface area contributed by atoms with Gasteiger partial charge in [0.05, 0.1) is 11.9 Å². The maximum atomic E-state index is 14.3. The molecule has 1 aromatic heterocycles. The van der Waals surface area contributed by atoms with Gasteiger partial charge in [-0.05, 0) is 42.0 Å². The van der Waals surface area contributed by atoms with Gasteiger partial charge in [0.15, 0.2) is 0 Å². The summed E-state index contributed by atoms with van der Waals surface area (Å²) in [6, 6.07) is 19.8. The van der Waals surface area contributed by atoms with E-state index in [1.807, 2.05) is 59.5 Å². The highest BCUT2D eigenvalue weighted by Gasteiger charge is 2.22. The first-order valence-electron chi connectivity index (χ1n) is 10.8. The lowest BCUT2D eigenvalue weighted by molar-refractivity contribution is 0.214. The third-order valence-electron chi connectivity index (χ3n) is 5.80. The highest BCUT2D eigenvalue weighted by Crippen LogP contribution is 2.34. The minimum absolute atomic E-state index is 0.0823. The molecule has 1 atom stereocenters. The molecule has 168 valence electrons. The van der Waals surface area contributed by atoms with E-state index in [0.717, 1.165) is 29.1 Å². The fraction of sp³-hybridized carbons (Fsp3) is 0.192. The first-order chi connectivity index (χ1) is 16.1. The van der Waals surface area contributed by atoms with Crippen LogP contribution in [0.1, 0.15) is 28.4 Å². The van der Waals surface area contributed by atoms with Crippen molar-refractivity contribution >= 4 is 11.6 Å². The van der Waals surface area contributed by atoms with Gasteiger partial charge in [-0.1, -0.05) is 41.9 Å². The van der Waals surface area contributed by atoms with Gasteiger partial charge in [-0.2, -0.15) is 5.10 Å². The number of halogens is 2. The van der Waals surface area contributed by atoms with Crippen molar-refractivity contribution in [3.63, 3.8) is 0 Å². The van der Waals surface area contributed by atoms with E-state index in [2.05, 4.69) is 10.00 Å². The molecule has 0 radical (unpaired) electrons. The monoisotopic (exact) mass is 463 g/mol. The molecule has 5 rings (SSSR count). The number of hydrogen-bond donors (Lipinski definition) is 1. The standard InChI is InChI=1S/C26H23ClFN3O2/c27-22-7-4-8-23(28)25(22)26(32)19-9-10-24-20(13-19)17-30(11-12-33-24)15-18-14-29-31(16-18)21-5-2-1-3-6-21/h1-10,13-14,16,26,32H,11-12,15,17H2. The molecule has 0 aliphatic carbocycles. The Kier molecular flexibility index (Phi) is 6.13. The number of aromatic nitrogens is 2. The van der Waals surface area contributed by atoms with Gasteiger partial charge in [-0.15, -0.1) is 0 Å². The second-order valence-electron chi connectivity index (χ2n) is 8.09. The molecule has 33 heavy (non-hydrogen) atoms. The topological polar surface area (TPSA) is 50.5 Å². The molecule has 1 aliphatic heterocycles. The van der Waals surface area contributed by atoms with Gasteiger partial charge >= 0.3 is 0 Å². The molecule has 1 unspecified atom stereocenters. The molecule has 2 heterocycles. The zero-order valence-electron chi connectivity index (χ0n) is 17.9. The lowest BCUT2D eigenvalue weighted by atomic mass is 9.98. The fourth-order valence-electron chi connectivity index (χ4n) is 4.13. The molecule has 0 amide bonds. The molecule has 0 spiro atoms. The van der Waals surface area contributed by atoms with Crippen molar-refractivity contribution in [3.05, 3.63) is 112 Å². The molecule has 1 N–H and O–H groups in total. The molecule has 7 heteroatoms. The van der Waals surface area contributed by atoms with Crippen LogP contribution in [0.4, 0.5) is 4.39 Å². The third kappa shape index (κ3) is 4.64. The van der Waals surface area contributed by atoms with Gasteiger partial charge in [0.1, 0.15) is 24.3 Å². The Labute approximate surface area is 196 Å². The smallest absolute Gasteiger partial charge is 0.130 e. The highest BCUT2D eigenvalue weighted by atomic mass is 35.5. The minimum Gasteiger partial charge on any atom is -0.492 e. The molecule has 3 aromatic carbocycles. The summed E-state index contributed by atoms with van der Waals surface area (Å²) >= 11 is 6.16. The Morgan fingerprint density at radius 1 is 1.09 bits per heavy atom. The molecule has 5 nitrogen and oxygen atoms in total. The first-order valence-corrected chi connectivity index (χ1v) is 11.2. The van der Waals surface area contributed by atoms with Crippen molar-refractivity contribution < 1.29 is 14.2 Å². The largest absolute Gasteiger partial charge is 0.492 e. The van der Waals surface area contributed by atoms with Crippen LogP contribution in [0.2, 0.25) is 5.02 Å². The highest BCUT2D eigenvalue weighted by molar-refractivity contribution is 6.31. The van der Waals surface area contributed by atoms with E-state index in [-0.39, 0.29) is 10.6 Å². The zero-order valence-corrected chi connectivity index (χ0v) is 18.6. The third-order valence-corrected chi connectivity index (χ3v) is 6.13. The normalized spacial score (nSPS) is 14.9. The van der Waals surface area contributed by atoms with Gasteiger partial charge < -0.3 is 9.84 Å². The van der Waals surface area contributed by atoms with Crippen LogP contribution in [-0.2, 0) is 13.1 Å². The van der Waals surface area contributed by atoms with Crippen LogP contribution in [0, 0.1) is 5.82 Å². The molecule has 4 aromatic rings. The van der Waals surface area contributed by atoms with Crippen molar-refractivity contribution in [2.45, 2.75) is 19.2 Å². The second-order valence-corrected chi connectivity index (χ2v) is 8.50. The predicted molar refractivity (Wildman–Crippen MR) is 125 cm³/mol. The number of fused-ring (bicyclic) bond motifs is 1. The van der Waals surface area contributed by atoms with Crippen LogP contribution in [-0.4, -0.2) is 32.9 Å². The summed E-state index contributed by atoms with van der Waals surface area (Å²) in [6.45, 7) is 2.65. The van der Waals surface area contributed by atoms with Crippen molar-refractivity contribution in [1.29, 1.82) is 0 Å². The number of aliphatic hydroxyl groups excluding tert-OH is 1. The van der Waals surface area contributed by atoms with E-state index >= 15 is 0 Å². The molecular weight excluding hydrogens is 441 g/mol. The molecule has 0 saturated heterocycles. The van der Waals surface area contributed by atoms with E-state index in [9.17, 15) is 9.50 Å². The van der Waals surface area contributed by atoms with Crippen molar-refractivity contribution in [3.8, 4) is 11.4 Å². The molecule has 0 saturated carbocycles. The van der Waals surface area contributed by atoms with Crippen molar-refractivity contribution in [2.24, 2.45) is 0 Å². The fourth-order valence-corrected chi connectivity index (χ4v) is 4.40. The van der Waals surface area contributed by atoms with E-state index < -0.39 is 11.9 Å². The molecular formula is C26H23ClFN3O2. The minimum atomic E-state index is -1.16. The van der Waals surface area contributed by atoms with Gasteiger partial charge in [-0.3, -0.25) is 4.90 Å². The van der Waals surface area contributed by atoms with Crippen molar-refractivity contribution in [1.82, 2.24) is 14.7 Å². The Bertz CT molecular complexity index is 1240. The van der Waals surface area contributed by atoms with E-state index in [0.29, 0.717) is 25.3 Å². The van der Waals surface area contributed by atoms with Crippen LogP contribution < -0.4 is 4.74 Å². The lowest BCUT2D eigenvalue weighted by Crippen LogP contribution is -2.25. The van der Waals surface area contributed by atoms with Gasteiger partial charge in [0.2, 0.25) is 0 Å². The summed E-state index contributed by atoms with van der Waals surface area (Å²) in [4.78, 5) is 2.27. The summed E-state index contributed by atoms with van der Waals surface area (Å²) in [5.74, 6) is 0.242. The summed E-state index contributed by atoms with van der Waals surface area (Å²) in [6.07, 6.45) is 2.74. The summed E-state index contributed by atoms with van der Waals surface area (Å²) in [7, 11) is 0. The molecule has 1 aliphatic rings. The van der Waals surface area contributed by atoms with Gasteiger partial charge in [-0.25, -0.2) is 9.07 Å². The molecule has 0 bridgehead atoms. The van der Waals surface area contributed by atoms with E-state index in [4.69, 9.17) is 16.3 Å². The average Bonchev–Trinajstić information content (AvgIpc) is 3.19. The Morgan fingerprint density at radius 2 is 1.94 bits per heavy atom. The Morgan fingerprint density at radius 3 is 2.76 bits per heavy atom. The van der Waals surface area contributed by atoms with E-state index in [1.165, 1.54) is 12.1 Å². The Balaban J connectivity index is 1.36. The van der Waals surface area contributed by atoms with Crippen LogP contribution in [0.15, 0.2) is 79.1 Å². The number of benzene rings is 3. The predicted octanol–water partition coefficient (Wildman–Crippen LogP) is 5.14. The van der Waals surface area contributed by atoms with Crippen molar-refractivity contribution in [2.75, 3.05) is 13.2 Å². The number of hydrogen-bond acceptors (Lipinski definition) is 4. The molecule has 0 fully saturated rings. The maximum Gasteiger partial charge on any atom is 0.130 e.